The van der Waals surface area contributed by atoms with Crippen molar-refractivity contribution in [3.63, 3.8) is 0 Å². The number of benzene rings is 1. The molecule has 0 aromatic heterocycles. The van der Waals surface area contributed by atoms with Crippen LogP contribution >= 0.6 is 0 Å². The Labute approximate surface area is 114 Å². The largest absolute Gasteiger partial charge is 0.497 e. The van der Waals surface area contributed by atoms with Gasteiger partial charge in [-0.15, -0.1) is 0 Å². The van der Waals surface area contributed by atoms with E-state index in [1.807, 2.05) is 25.2 Å². The fourth-order valence-corrected chi connectivity index (χ4v) is 1.74. The predicted molar refractivity (Wildman–Crippen MR) is 74.8 cm³/mol. The number of amides is 1. The van der Waals surface area contributed by atoms with Crippen molar-refractivity contribution in [1.82, 2.24) is 10.6 Å². The molecule has 1 aromatic carbocycles. The second kappa shape index (κ2) is 8.37. The molecular formula is C14H22N2O3. The van der Waals surface area contributed by atoms with E-state index in [1.54, 1.807) is 14.2 Å². The average molecular weight is 266 g/mol. The van der Waals surface area contributed by atoms with Crippen LogP contribution in [0.2, 0.25) is 0 Å². The molecule has 5 nitrogen and oxygen atoms in total. The van der Waals surface area contributed by atoms with Crippen molar-refractivity contribution in [2.75, 3.05) is 34.4 Å². The van der Waals surface area contributed by atoms with Gasteiger partial charge in [-0.25, -0.2) is 0 Å². The Kier molecular flexibility index (Phi) is 6.74. The molecule has 1 amide bonds. The number of rotatable bonds is 8. The zero-order chi connectivity index (χ0) is 14.1. The molecule has 0 fully saturated rings. The van der Waals surface area contributed by atoms with Crippen LogP contribution < -0.4 is 20.1 Å². The first-order chi connectivity index (χ1) is 9.21. The predicted octanol–water partition coefficient (Wildman–Crippen LogP) is 0.972. The topological polar surface area (TPSA) is 59.6 Å². The van der Waals surface area contributed by atoms with Crippen molar-refractivity contribution in [3.05, 3.63) is 23.8 Å². The zero-order valence-electron chi connectivity index (χ0n) is 11.8. The standard InChI is InChI=1S/C14H22N2O3/c1-15-8-9-16-14(17)7-4-11-10-12(18-2)5-6-13(11)19-3/h5-6,10,15H,4,7-9H2,1-3H3,(H,16,17). The third kappa shape index (κ3) is 5.18. The van der Waals surface area contributed by atoms with Gasteiger partial charge >= 0.3 is 0 Å². The maximum atomic E-state index is 11.6. The Bertz CT molecular complexity index is 408. The summed E-state index contributed by atoms with van der Waals surface area (Å²) in [5.74, 6) is 1.59. The highest BCUT2D eigenvalue weighted by Crippen LogP contribution is 2.24. The van der Waals surface area contributed by atoms with Crippen LogP contribution in [0.1, 0.15) is 12.0 Å². The molecule has 0 saturated heterocycles. The molecule has 0 saturated carbocycles. The monoisotopic (exact) mass is 266 g/mol. The molecule has 2 N–H and O–H groups in total. The van der Waals surface area contributed by atoms with Gasteiger partial charge < -0.3 is 20.1 Å². The maximum absolute atomic E-state index is 11.6. The number of nitrogens with one attached hydrogen (secondary N) is 2. The van der Waals surface area contributed by atoms with Crippen LogP contribution in [0, 0.1) is 0 Å². The molecule has 0 heterocycles. The molecule has 19 heavy (non-hydrogen) atoms. The third-order valence-corrected chi connectivity index (χ3v) is 2.81. The summed E-state index contributed by atoms with van der Waals surface area (Å²) < 4.78 is 10.5. The van der Waals surface area contributed by atoms with E-state index >= 15 is 0 Å². The van der Waals surface area contributed by atoms with Crippen LogP contribution in [0.4, 0.5) is 0 Å². The normalized spacial score (nSPS) is 10.1. The van der Waals surface area contributed by atoms with Crippen molar-refractivity contribution in [3.8, 4) is 11.5 Å². The lowest BCUT2D eigenvalue weighted by molar-refractivity contribution is -0.121. The van der Waals surface area contributed by atoms with Crippen molar-refractivity contribution in [1.29, 1.82) is 0 Å². The number of hydrogen-bond acceptors (Lipinski definition) is 4. The number of hydrogen-bond donors (Lipinski definition) is 2. The molecule has 106 valence electrons. The highest BCUT2D eigenvalue weighted by molar-refractivity contribution is 5.76. The smallest absolute Gasteiger partial charge is 0.220 e. The first-order valence-electron chi connectivity index (χ1n) is 6.33. The van der Waals surface area contributed by atoms with Gasteiger partial charge in [0.2, 0.25) is 5.91 Å². The molecule has 5 heteroatoms. The molecule has 0 aliphatic heterocycles. The summed E-state index contributed by atoms with van der Waals surface area (Å²) in [7, 11) is 5.10. The molecule has 0 bridgehead atoms. The second-order valence-corrected chi connectivity index (χ2v) is 4.13. The van der Waals surface area contributed by atoms with Gasteiger partial charge in [-0.2, -0.15) is 0 Å². The van der Waals surface area contributed by atoms with E-state index in [1.165, 1.54) is 0 Å². The quantitative estimate of drug-likeness (QED) is 0.688. The van der Waals surface area contributed by atoms with E-state index in [0.717, 1.165) is 23.6 Å². The minimum absolute atomic E-state index is 0.0418. The third-order valence-electron chi connectivity index (χ3n) is 2.81. The van der Waals surface area contributed by atoms with E-state index in [9.17, 15) is 4.79 Å². The highest BCUT2D eigenvalue weighted by atomic mass is 16.5. The molecule has 0 unspecified atom stereocenters. The summed E-state index contributed by atoms with van der Waals surface area (Å²) in [5, 5.41) is 5.83. The van der Waals surface area contributed by atoms with Gasteiger partial charge in [0.15, 0.2) is 0 Å². The molecule has 0 aliphatic rings. The number of carbonyl (C=O) groups is 1. The fourth-order valence-electron chi connectivity index (χ4n) is 1.74. The van der Waals surface area contributed by atoms with Gasteiger partial charge in [0.05, 0.1) is 14.2 Å². The van der Waals surface area contributed by atoms with Crippen LogP contribution in [-0.4, -0.2) is 40.3 Å². The van der Waals surface area contributed by atoms with Crippen LogP contribution in [-0.2, 0) is 11.2 Å². The number of methoxy groups -OCH3 is 2. The van der Waals surface area contributed by atoms with Crippen LogP contribution in [0.3, 0.4) is 0 Å². The summed E-state index contributed by atoms with van der Waals surface area (Å²) in [4.78, 5) is 11.6. The van der Waals surface area contributed by atoms with Crippen molar-refractivity contribution in [2.24, 2.45) is 0 Å². The number of aryl methyl sites for hydroxylation is 1. The number of likely N-dealkylation sites (N-methyl/N-ethyl adjacent to an activating group) is 1. The lowest BCUT2D eigenvalue weighted by Crippen LogP contribution is -2.30. The van der Waals surface area contributed by atoms with Gasteiger partial charge in [-0.3, -0.25) is 4.79 Å². The first kappa shape index (κ1) is 15.3. The maximum Gasteiger partial charge on any atom is 0.220 e. The van der Waals surface area contributed by atoms with Gasteiger partial charge in [-0.05, 0) is 37.2 Å². The summed E-state index contributed by atoms with van der Waals surface area (Å²) >= 11 is 0. The van der Waals surface area contributed by atoms with Crippen molar-refractivity contribution < 1.29 is 14.3 Å². The van der Waals surface area contributed by atoms with Crippen molar-refractivity contribution >= 4 is 5.91 Å². The molecular weight excluding hydrogens is 244 g/mol. The lowest BCUT2D eigenvalue weighted by atomic mass is 10.1. The van der Waals surface area contributed by atoms with Gasteiger partial charge in [-0.1, -0.05) is 0 Å². The lowest BCUT2D eigenvalue weighted by Gasteiger charge is -2.10. The molecule has 1 aromatic rings. The van der Waals surface area contributed by atoms with Crippen LogP contribution in [0.15, 0.2) is 18.2 Å². The Balaban J connectivity index is 2.53. The summed E-state index contributed by atoms with van der Waals surface area (Å²) in [6.07, 6.45) is 1.07. The SMILES string of the molecule is CNCCNC(=O)CCc1cc(OC)ccc1OC. The molecule has 0 radical (unpaired) electrons. The fraction of sp³-hybridized carbons (Fsp3) is 0.500. The van der Waals surface area contributed by atoms with E-state index < -0.39 is 0 Å². The van der Waals surface area contributed by atoms with Gasteiger partial charge in [0.25, 0.3) is 0 Å². The Hall–Kier alpha value is -1.75. The van der Waals surface area contributed by atoms with Crippen LogP contribution in [0.25, 0.3) is 0 Å². The Morgan fingerprint density at radius 2 is 2.00 bits per heavy atom. The summed E-state index contributed by atoms with van der Waals surface area (Å²) in [5.41, 5.74) is 0.977. The summed E-state index contributed by atoms with van der Waals surface area (Å²) in [6, 6.07) is 5.60. The Morgan fingerprint density at radius 3 is 2.63 bits per heavy atom. The van der Waals surface area contributed by atoms with E-state index in [-0.39, 0.29) is 5.91 Å². The number of carbonyl (C=O) groups excluding carboxylic acids is 1. The highest BCUT2D eigenvalue weighted by Gasteiger charge is 2.08. The van der Waals surface area contributed by atoms with E-state index in [4.69, 9.17) is 9.47 Å². The molecule has 0 atom stereocenters. The van der Waals surface area contributed by atoms with E-state index in [0.29, 0.717) is 19.4 Å². The van der Waals surface area contributed by atoms with Gasteiger partial charge in [0, 0.05) is 19.5 Å². The van der Waals surface area contributed by atoms with E-state index in [2.05, 4.69) is 10.6 Å². The van der Waals surface area contributed by atoms with Crippen molar-refractivity contribution in [2.45, 2.75) is 12.8 Å². The molecule has 1 rings (SSSR count). The zero-order valence-corrected chi connectivity index (χ0v) is 11.8. The number of ether oxygens (including phenoxy) is 2. The van der Waals surface area contributed by atoms with Crippen LogP contribution in [0.5, 0.6) is 11.5 Å². The first-order valence-corrected chi connectivity index (χ1v) is 6.33. The minimum Gasteiger partial charge on any atom is -0.497 e. The summed E-state index contributed by atoms with van der Waals surface area (Å²) in [6.45, 7) is 1.42. The molecule has 0 aliphatic carbocycles. The van der Waals surface area contributed by atoms with Gasteiger partial charge in [0.1, 0.15) is 11.5 Å². The minimum atomic E-state index is 0.0418. The Morgan fingerprint density at radius 1 is 1.21 bits per heavy atom. The molecule has 0 spiro atoms. The second-order valence-electron chi connectivity index (χ2n) is 4.13. The average Bonchev–Trinajstić information content (AvgIpc) is 2.45.